The van der Waals surface area contributed by atoms with Gasteiger partial charge in [0.1, 0.15) is 5.82 Å². The number of hydrogen-bond acceptors (Lipinski definition) is 4. The highest BCUT2D eigenvalue weighted by Crippen LogP contribution is 2.39. The molecule has 0 saturated carbocycles. The molecule has 3 atom stereocenters. The second-order valence-corrected chi connectivity index (χ2v) is 7.64. The van der Waals surface area contributed by atoms with Gasteiger partial charge in [0.2, 0.25) is 5.91 Å². The van der Waals surface area contributed by atoms with Gasteiger partial charge in [-0.25, -0.2) is 0 Å². The van der Waals surface area contributed by atoms with Gasteiger partial charge in [-0.15, -0.1) is 10.2 Å². The van der Waals surface area contributed by atoms with Crippen LogP contribution in [0.5, 0.6) is 0 Å². The highest BCUT2D eigenvalue weighted by molar-refractivity contribution is 5.79. The van der Waals surface area contributed by atoms with Gasteiger partial charge in [-0.3, -0.25) is 9.78 Å². The molecule has 3 aliphatic rings. The molecule has 1 amide bonds. The van der Waals surface area contributed by atoms with Gasteiger partial charge in [-0.05, 0) is 43.7 Å². The SMILES string of the molecule is O=C([C@H]1CC=CCC1)N1C[C@H]2CCc3nnc(-c4cccnc4)n3[C@H]2C1. The normalized spacial score (nSPS) is 27.2. The first-order chi connectivity index (χ1) is 12.8. The van der Waals surface area contributed by atoms with E-state index in [9.17, 15) is 4.79 Å². The number of pyridine rings is 1. The van der Waals surface area contributed by atoms with Crippen molar-refractivity contribution in [3.8, 4) is 11.4 Å². The Hall–Kier alpha value is -2.50. The number of carbonyl (C=O) groups excluding carboxylic acids is 1. The molecule has 0 unspecified atom stereocenters. The van der Waals surface area contributed by atoms with Crippen LogP contribution < -0.4 is 0 Å². The number of allylic oxidation sites excluding steroid dienone is 2. The van der Waals surface area contributed by atoms with Gasteiger partial charge in [0.25, 0.3) is 0 Å². The van der Waals surface area contributed by atoms with E-state index < -0.39 is 0 Å². The van der Waals surface area contributed by atoms with Crippen molar-refractivity contribution in [2.45, 2.75) is 38.1 Å². The summed E-state index contributed by atoms with van der Waals surface area (Å²) in [4.78, 5) is 19.3. The minimum Gasteiger partial charge on any atom is -0.340 e. The number of carbonyl (C=O) groups is 1. The maximum Gasteiger partial charge on any atom is 0.226 e. The molecule has 1 fully saturated rings. The minimum atomic E-state index is 0.165. The Labute approximate surface area is 152 Å². The van der Waals surface area contributed by atoms with Gasteiger partial charge in [-0.2, -0.15) is 0 Å². The van der Waals surface area contributed by atoms with Crippen LogP contribution in [0.15, 0.2) is 36.7 Å². The Morgan fingerprint density at radius 3 is 2.92 bits per heavy atom. The van der Waals surface area contributed by atoms with E-state index in [1.807, 2.05) is 18.3 Å². The summed E-state index contributed by atoms with van der Waals surface area (Å²) >= 11 is 0. The standard InChI is InChI=1S/C20H23N5O/c26-20(14-5-2-1-3-6-14)24-12-16-8-9-18-22-23-19(25(18)17(16)13-24)15-7-4-10-21-11-15/h1-2,4,7,10-11,14,16-17H,3,5-6,8-9,12-13H2/t14-,16+,17-/m0/s1. The molecule has 0 N–H and O–H groups in total. The lowest BCUT2D eigenvalue weighted by Gasteiger charge is -2.27. The first-order valence-electron chi connectivity index (χ1n) is 9.59. The molecule has 1 saturated heterocycles. The molecule has 134 valence electrons. The topological polar surface area (TPSA) is 63.9 Å². The first-order valence-corrected chi connectivity index (χ1v) is 9.59. The molecular weight excluding hydrogens is 326 g/mol. The highest BCUT2D eigenvalue weighted by Gasteiger charge is 2.42. The predicted octanol–water partition coefficient (Wildman–Crippen LogP) is 2.64. The number of aromatic nitrogens is 4. The summed E-state index contributed by atoms with van der Waals surface area (Å²) in [6, 6.07) is 4.24. The Balaban J connectivity index is 1.43. The lowest BCUT2D eigenvalue weighted by atomic mass is 9.93. The minimum absolute atomic E-state index is 0.165. The number of nitrogens with zero attached hydrogens (tertiary/aromatic N) is 5. The van der Waals surface area contributed by atoms with Crippen molar-refractivity contribution in [2.75, 3.05) is 13.1 Å². The molecule has 0 spiro atoms. The lowest BCUT2D eigenvalue weighted by molar-refractivity contribution is -0.134. The summed E-state index contributed by atoms with van der Waals surface area (Å²) in [5, 5.41) is 8.87. The van der Waals surface area contributed by atoms with Gasteiger partial charge >= 0.3 is 0 Å². The second kappa shape index (κ2) is 6.34. The third-order valence-electron chi connectivity index (χ3n) is 6.09. The Morgan fingerprint density at radius 2 is 2.12 bits per heavy atom. The molecule has 6 nitrogen and oxygen atoms in total. The van der Waals surface area contributed by atoms with E-state index in [1.54, 1.807) is 6.20 Å². The van der Waals surface area contributed by atoms with Crippen molar-refractivity contribution in [1.29, 1.82) is 0 Å². The molecule has 5 rings (SSSR count). The van der Waals surface area contributed by atoms with E-state index in [0.29, 0.717) is 11.8 Å². The number of amides is 1. The number of hydrogen-bond donors (Lipinski definition) is 0. The van der Waals surface area contributed by atoms with Crippen molar-refractivity contribution >= 4 is 5.91 Å². The van der Waals surface area contributed by atoms with Crippen LogP contribution in [-0.4, -0.2) is 43.6 Å². The molecule has 0 radical (unpaired) electrons. The van der Waals surface area contributed by atoms with Crippen LogP contribution >= 0.6 is 0 Å². The van der Waals surface area contributed by atoms with E-state index in [0.717, 1.165) is 62.4 Å². The van der Waals surface area contributed by atoms with Gasteiger partial charge in [0.05, 0.1) is 6.04 Å². The second-order valence-electron chi connectivity index (χ2n) is 7.64. The number of fused-ring (bicyclic) bond motifs is 3. The van der Waals surface area contributed by atoms with E-state index in [4.69, 9.17) is 0 Å². The van der Waals surface area contributed by atoms with Gasteiger partial charge in [0, 0.05) is 43.4 Å². The quantitative estimate of drug-likeness (QED) is 0.782. The van der Waals surface area contributed by atoms with E-state index in [2.05, 4.69) is 36.8 Å². The lowest BCUT2D eigenvalue weighted by Crippen LogP contribution is -2.35. The summed E-state index contributed by atoms with van der Waals surface area (Å²) in [6.07, 6.45) is 12.9. The zero-order chi connectivity index (χ0) is 17.5. The van der Waals surface area contributed by atoms with Crippen LogP contribution in [0.2, 0.25) is 0 Å². The summed E-state index contributed by atoms with van der Waals surface area (Å²) < 4.78 is 2.28. The molecular formula is C20H23N5O. The zero-order valence-electron chi connectivity index (χ0n) is 14.8. The number of rotatable bonds is 2. The molecule has 26 heavy (non-hydrogen) atoms. The van der Waals surface area contributed by atoms with Gasteiger partial charge in [0.15, 0.2) is 5.82 Å². The summed E-state index contributed by atoms with van der Waals surface area (Å²) in [5.74, 6) is 2.93. The smallest absolute Gasteiger partial charge is 0.226 e. The monoisotopic (exact) mass is 349 g/mol. The third-order valence-corrected chi connectivity index (χ3v) is 6.09. The van der Waals surface area contributed by atoms with Crippen molar-refractivity contribution in [1.82, 2.24) is 24.6 Å². The number of likely N-dealkylation sites (tertiary alicyclic amines) is 1. The third kappa shape index (κ3) is 2.55. The Kier molecular flexibility index (Phi) is 3.84. The van der Waals surface area contributed by atoms with E-state index >= 15 is 0 Å². The van der Waals surface area contributed by atoms with Crippen molar-refractivity contribution in [3.63, 3.8) is 0 Å². The fourth-order valence-electron chi connectivity index (χ4n) is 4.74. The van der Waals surface area contributed by atoms with Crippen molar-refractivity contribution in [2.24, 2.45) is 11.8 Å². The van der Waals surface area contributed by atoms with Crippen molar-refractivity contribution < 1.29 is 4.79 Å². The highest BCUT2D eigenvalue weighted by atomic mass is 16.2. The zero-order valence-corrected chi connectivity index (χ0v) is 14.8. The molecule has 6 heteroatoms. The molecule has 4 heterocycles. The number of aryl methyl sites for hydroxylation is 1. The van der Waals surface area contributed by atoms with Crippen LogP contribution in [0.1, 0.15) is 37.5 Å². The molecule has 0 aromatic carbocycles. The predicted molar refractivity (Wildman–Crippen MR) is 97.2 cm³/mol. The van der Waals surface area contributed by atoms with Crippen LogP contribution in [0.25, 0.3) is 11.4 Å². The maximum atomic E-state index is 13.0. The molecule has 2 aromatic heterocycles. The maximum absolute atomic E-state index is 13.0. The fraction of sp³-hybridized carbons (Fsp3) is 0.500. The average Bonchev–Trinajstić information content (AvgIpc) is 3.32. The van der Waals surface area contributed by atoms with Crippen LogP contribution in [0.3, 0.4) is 0 Å². The first kappa shape index (κ1) is 15.7. The Bertz CT molecular complexity index is 843. The molecule has 2 aromatic rings. The van der Waals surface area contributed by atoms with E-state index in [1.165, 1.54) is 0 Å². The van der Waals surface area contributed by atoms with Crippen LogP contribution in [0.4, 0.5) is 0 Å². The summed E-state index contributed by atoms with van der Waals surface area (Å²) in [6.45, 7) is 1.65. The Morgan fingerprint density at radius 1 is 1.15 bits per heavy atom. The average molecular weight is 349 g/mol. The van der Waals surface area contributed by atoms with Gasteiger partial charge < -0.3 is 9.47 Å². The molecule has 0 bridgehead atoms. The fourth-order valence-corrected chi connectivity index (χ4v) is 4.74. The van der Waals surface area contributed by atoms with Gasteiger partial charge in [-0.1, -0.05) is 12.2 Å². The van der Waals surface area contributed by atoms with Crippen LogP contribution in [-0.2, 0) is 11.2 Å². The summed E-state index contributed by atoms with van der Waals surface area (Å²) in [5.41, 5.74) is 0.995. The van der Waals surface area contributed by atoms with Crippen molar-refractivity contribution in [3.05, 3.63) is 42.5 Å². The molecule has 1 aliphatic carbocycles. The molecule has 2 aliphatic heterocycles. The van der Waals surface area contributed by atoms with Crippen LogP contribution in [0, 0.1) is 11.8 Å². The summed E-state index contributed by atoms with van der Waals surface area (Å²) in [7, 11) is 0. The largest absolute Gasteiger partial charge is 0.340 e. The van der Waals surface area contributed by atoms with E-state index in [-0.39, 0.29) is 12.0 Å².